The van der Waals surface area contributed by atoms with Crippen LogP contribution in [0.25, 0.3) is 11.0 Å². The van der Waals surface area contributed by atoms with Gasteiger partial charge in [-0.15, -0.1) is 17.5 Å². The second kappa shape index (κ2) is 7.81. The Kier molecular flexibility index (Phi) is 6.41. The van der Waals surface area contributed by atoms with E-state index in [0.717, 1.165) is 30.5 Å². The smallest absolute Gasteiger partial charge is 0.251 e. The third kappa shape index (κ3) is 3.91. The standard InChI is InChI=1S/C13H19N5O.ClH/c1-3-6-14-7-8-15-13(19)10-4-5-12-11(9-10)16-17-18(12)2;/h4-5,9,14H,3,6-8H2,1-2H3,(H,15,19);1H. The molecule has 0 fully saturated rings. The molecule has 2 rings (SSSR count). The first kappa shape index (κ1) is 16.4. The maximum Gasteiger partial charge on any atom is 0.251 e. The Labute approximate surface area is 124 Å². The molecule has 0 saturated heterocycles. The quantitative estimate of drug-likeness (QED) is 0.784. The zero-order valence-electron chi connectivity index (χ0n) is 11.7. The Morgan fingerprint density at radius 3 is 2.85 bits per heavy atom. The van der Waals surface area contributed by atoms with Gasteiger partial charge in [-0.25, -0.2) is 4.68 Å². The molecule has 1 aromatic heterocycles. The van der Waals surface area contributed by atoms with Gasteiger partial charge in [-0.1, -0.05) is 12.1 Å². The van der Waals surface area contributed by atoms with Crippen LogP contribution in [0.5, 0.6) is 0 Å². The van der Waals surface area contributed by atoms with Crippen molar-refractivity contribution < 1.29 is 4.79 Å². The fraction of sp³-hybridized carbons (Fsp3) is 0.462. The lowest BCUT2D eigenvalue weighted by Gasteiger charge is -2.06. The van der Waals surface area contributed by atoms with E-state index in [1.165, 1.54) is 0 Å². The first-order valence-electron chi connectivity index (χ1n) is 6.50. The van der Waals surface area contributed by atoms with Gasteiger partial charge in [0.25, 0.3) is 5.91 Å². The number of nitrogens with zero attached hydrogens (tertiary/aromatic N) is 3. The molecule has 110 valence electrons. The van der Waals surface area contributed by atoms with E-state index in [-0.39, 0.29) is 18.3 Å². The monoisotopic (exact) mass is 297 g/mol. The van der Waals surface area contributed by atoms with Crippen molar-refractivity contribution in [3.63, 3.8) is 0 Å². The number of aromatic nitrogens is 3. The Hall–Kier alpha value is -1.66. The highest BCUT2D eigenvalue weighted by Gasteiger charge is 2.08. The molecular weight excluding hydrogens is 278 g/mol. The topological polar surface area (TPSA) is 71.8 Å². The van der Waals surface area contributed by atoms with Gasteiger partial charge in [0.05, 0.1) is 5.52 Å². The number of rotatable bonds is 6. The molecule has 0 bridgehead atoms. The van der Waals surface area contributed by atoms with Crippen LogP contribution in [0.2, 0.25) is 0 Å². The van der Waals surface area contributed by atoms with Crippen molar-refractivity contribution in [2.75, 3.05) is 19.6 Å². The molecule has 1 aromatic carbocycles. The second-order valence-electron chi connectivity index (χ2n) is 4.42. The fourth-order valence-corrected chi connectivity index (χ4v) is 1.85. The van der Waals surface area contributed by atoms with Crippen molar-refractivity contribution >= 4 is 29.3 Å². The molecular formula is C13H20ClN5O. The molecule has 2 N–H and O–H groups in total. The molecule has 0 atom stereocenters. The first-order chi connectivity index (χ1) is 9.22. The molecule has 7 heteroatoms. The molecule has 6 nitrogen and oxygen atoms in total. The molecule has 0 aliphatic heterocycles. The van der Waals surface area contributed by atoms with Crippen LogP contribution in [0, 0.1) is 0 Å². The summed E-state index contributed by atoms with van der Waals surface area (Å²) in [5.74, 6) is -0.0779. The van der Waals surface area contributed by atoms with E-state index in [1.807, 2.05) is 13.1 Å². The van der Waals surface area contributed by atoms with Crippen LogP contribution in [0.3, 0.4) is 0 Å². The van der Waals surface area contributed by atoms with E-state index in [1.54, 1.807) is 16.8 Å². The Morgan fingerprint density at radius 2 is 2.10 bits per heavy atom. The normalized spacial score (nSPS) is 10.3. The Morgan fingerprint density at radius 1 is 1.30 bits per heavy atom. The summed E-state index contributed by atoms with van der Waals surface area (Å²) < 4.78 is 1.69. The lowest BCUT2D eigenvalue weighted by molar-refractivity contribution is 0.0954. The van der Waals surface area contributed by atoms with E-state index in [4.69, 9.17) is 0 Å². The number of nitrogens with one attached hydrogen (secondary N) is 2. The van der Waals surface area contributed by atoms with E-state index in [0.29, 0.717) is 12.1 Å². The van der Waals surface area contributed by atoms with Gasteiger partial charge in [-0.05, 0) is 31.2 Å². The zero-order valence-corrected chi connectivity index (χ0v) is 12.5. The van der Waals surface area contributed by atoms with Crippen molar-refractivity contribution in [2.45, 2.75) is 13.3 Å². The number of hydrogen-bond acceptors (Lipinski definition) is 4. The molecule has 1 heterocycles. The first-order valence-corrected chi connectivity index (χ1v) is 6.50. The molecule has 0 aliphatic rings. The van der Waals surface area contributed by atoms with E-state index < -0.39 is 0 Å². The van der Waals surface area contributed by atoms with Crippen molar-refractivity contribution in [1.82, 2.24) is 25.6 Å². The van der Waals surface area contributed by atoms with Crippen molar-refractivity contribution in [2.24, 2.45) is 7.05 Å². The van der Waals surface area contributed by atoms with Gasteiger partial charge in [-0.3, -0.25) is 4.79 Å². The lowest BCUT2D eigenvalue weighted by Crippen LogP contribution is -2.32. The molecule has 0 aliphatic carbocycles. The van der Waals surface area contributed by atoms with Crippen LogP contribution in [0.1, 0.15) is 23.7 Å². The van der Waals surface area contributed by atoms with Gasteiger partial charge >= 0.3 is 0 Å². The van der Waals surface area contributed by atoms with Gasteiger partial charge < -0.3 is 10.6 Å². The average molecular weight is 298 g/mol. The predicted octanol–water partition coefficient (Wildman–Crippen LogP) is 1.12. The molecule has 0 unspecified atom stereocenters. The number of carbonyl (C=O) groups is 1. The molecule has 0 spiro atoms. The summed E-state index contributed by atoms with van der Waals surface area (Å²) in [4.78, 5) is 11.9. The Balaban J connectivity index is 0.00000200. The minimum absolute atomic E-state index is 0. The summed E-state index contributed by atoms with van der Waals surface area (Å²) in [6.07, 6.45) is 1.09. The largest absolute Gasteiger partial charge is 0.351 e. The highest BCUT2D eigenvalue weighted by atomic mass is 35.5. The van der Waals surface area contributed by atoms with Crippen LogP contribution in [0.4, 0.5) is 0 Å². The number of amides is 1. The summed E-state index contributed by atoms with van der Waals surface area (Å²) in [5, 5.41) is 14.0. The van der Waals surface area contributed by atoms with E-state index in [9.17, 15) is 4.79 Å². The number of halogens is 1. The summed E-state index contributed by atoms with van der Waals surface area (Å²) in [7, 11) is 1.83. The summed E-state index contributed by atoms with van der Waals surface area (Å²) in [5.41, 5.74) is 2.27. The number of benzene rings is 1. The minimum atomic E-state index is -0.0779. The summed E-state index contributed by atoms with van der Waals surface area (Å²) >= 11 is 0. The summed E-state index contributed by atoms with van der Waals surface area (Å²) in [6, 6.07) is 5.41. The van der Waals surface area contributed by atoms with Crippen LogP contribution in [-0.4, -0.2) is 40.5 Å². The number of carbonyl (C=O) groups excluding carboxylic acids is 1. The van der Waals surface area contributed by atoms with E-state index >= 15 is 0 Å². The third-order valence-electron chi connectivity index (χ3n) is 2.89. The van der Waals surface area contributed by atoms with Crippen molar-refractivity contribution in [1.29, 1.82) is 0 Å². The van der Waals surface area contributed by atoms with Gasteiger partial charge in [0, 0.05) is 25.7 Å². The highest BCUT2D eigenvalue weighted by Crippen LogP contribution is 2.12. The molecule has 20 heavy (non-hydrogen) atoms. The van der Waals surface area contributed by atoms with Crippen molar-refractivity contribution in [3.05, 3.63) is 23.8 Å². The van der Waals surface area contributed by atoms with Crippen LogP contribution < -0.4 is 10.6 Å². The third-order valence-corrected chi connectivity index (χ3v) is 2.89. The number of fused-ring (bicyclic) bond motifs is 1. The molecule has 0 radical (unpaired) electrons. The second-order valence-corrected chi connectivity index (χ2v) is 4.42. The summed E-state index contributed by atoms with van der Waals surface area (Å²) in [6.45, 7) is 4.49. The maximum absolute atomic E-state index is 11.9. The molecule has 0 saturated carbocycles. The van der Waals surface area contributed by atoms with Crippen molar-refractivity contribution in [3.8, 4) is 0 Å². The zero-order chi connectivity index (χ0) is 13.7. The maximum atomic E-state index is 11.9. The predicted molar refractivity (Wildman–Crippen MR) is 81.3 cm³/mol. The van der Waals surface area contributed by atoms with E-state index in [2.05, 4.69) is 27.9 Å². The molecule has 1 amide bonds. The van der Waals surface area contributed by atoms with Crippen LogP contribution in [0.15, 0.2) is 18.2 Å². The SMILES string of the molecule is CCCNCCNC(=O)c1ccc2c(c1)nnn2C.Cl. The van der Waals surface area contributed by atoms with Crippen LogP contribution in [-0.2, 0) is 7.05 Å². The number of hydrogen-bond donors (Lipinski definition) is 2. The fourth-order valence-electron chi connectivity index (χ4n) is 1.85. The van der Waals surface area contributed by atoms with Gasteiger partial charge in [0.15, 0.2) is 0 Å². The average Bonchev–Trinajstić information content (AvgIpc) is 2.79. The van der Waals surface area contributed by atoms with Gasteiger partial charge in [0.1, 0.15) is 5.52 Å². The lowest BCUT2D eigenvalue weighted by atomic mass is 10.2. The van der Waals surface area contributed by atoms with Crippen LogP contribution >= 0.6 is 12.4 Å². The highest BCUT2D eigenvalue weighted by molar-refractivity contribution is 5.97. The Bertz CT molecular complexity index is 569. The minimum Gasteiger partial charge on any atom is -0.351 e. The molecule has 2 aromatic rings. The number of aryl methyl sites for hydroxylation is 1. The van der Waals surface area contributed by atoms with Gasteiger partial charge in [0.2, 0.25) is 0 Å². The van der Waals surface area contributed by atoms with Gasteiger partial charge in [-0.2, -0.15) is 0 Å².